The number of benzene rings is 1. The third kappa shape index (κ3) is 3.01. The number of nitrogens with zero attached hydrogens (tertiary/aromatic N) is 1. The SMILES string of the molecule is CC1CNC(C)(c2ccccc2)CN1CCC1CC1. The Labute approximate surface area is 117 Å². The zero-order valence-electron chi connectivity index (χ0n) is 12.2. The van der Waals surface area contributed by atoms with Crippen LogP contribution in [-0.2, 0) is 5.54 Å². The molecular formula is C17H26N2. The van der Waals surface area contributed by atoms with Gasteiger partial charge in [0, 0.05) is 19.1 Å². The second-order valence-corrected chi connectivity index (χ2v) is 6.63. The number of hydrogen-bond donors (Lipinski definition) is 1. The molecule has 2 unspecified atom stereocenters. The molecule has 0 bridgehead atoms. The summed E-state index contributed by atoms with van der Waals surface area (Å²) >= 11 is 0. The fraction of sp³-hybridized carbons (Fsp3) is 0.647. The molecule has 2 heteroatoms. The van der Waals surface area contributed by atoms with Crippen molar-refractivity contribution in [3.63, 3.8) is 0 Å². The highest BCUT2D eigenvalue weighted by molar-refractivity contribution is 5.25. The molecule has 2 aliphatic rings. The molecule has 1 saturated carbocycles. The van der Waals surface area contributed by atoms with E-state index >= 15 is 0 Å². The minimum Gasteiger partial charge on any atom is -0.305 e. The van der Waals surface area contributed by atoms with Crippen LogP contribution >= 0.6 is 0 Å². The first-order chi connectivity index (χ1) is 9.17. The van der Waals surface area contributed by atoms with E-state index in [-0.39, 0.29) is 5.54 Å². The second-order valence-electron chi connectivity index (χ2n) is 6.63. The zero-order chi connectivity index (χ0) is 13.3. The summed E-state index contributed by atoms with van der Waals surface area (Å²) in [6.07, 6.45) is 4.34. The summed E-state index contributed by atoms with van der Waals surface area (Å²) < 4.78 is 0. The Balaban J connectivity index is 1.69. The molecule has 2 nitrogen and oxygen atoms in total. The summed E-state index contributed by atoms with van der Waals surface area (Å²) in [5, 5.41) is 3.75. The van der Waals surface area contributed by atoms with E-state index in [1.165, 1.54) is 31.4 Å². The topological polar surface area (TPSA) is 15.3 Å². The van der Waals surface area contributed by atoms with Gasteiger partial charge < -0.3 is 5.32 Å². The highest BCUT2D eigenvalue weighted by Crippen LogP contribution is 2.33. The van der Waals surface area contributed by atoms with E-state index in [1.807, 2.05) is 0 Å². The van der Waals surface area contributed by atoms with Crippen LogP contribution in [0.15, 0.2) is 30.3 Å². The first-order valence-corrected chi connectivity index (χ1v) is 7.72. The lowest BCUT2D eigenvalue weighted by Gasteiger charge is -2.45. The van der Waals surface area contributed by atoms with Crippen molar-refractivity contribution in [2.75, 3.05) is 19.6 Å². The van der Waals surface area contributed by atoms with Crippen LogP contribution in [0.5, 0.6) is 0 Å². The van der Waals surface area contributed by atoms with Crippen LogP contribution in [0.1, 0.15) is 38.7 Å². The van der Waals surface area contributed by atoms with Gasteiger partial charge in [-0.1, -0.05) is 43.2 Å². The molecule has 1 aliphatic carbocycles. The molecule has 0 aromatic heterocycles. The van der Waals surface area contributed by atoms with Crippen LogP contribution < -0.4 is 5.32 Å². The Morgan fingerprint density at radius 2 is 2.00 bits per heavy atom. The van der Waals surface area contributed by atoms with Crippen molar-refractivity contribution in [2.45, 2.75) is 44.7 Å². The summed E-state index contributed by atoms with van der Waals surface area (Å²) in [6.45, 7) is 8.19. The minimum atomic E-state index is 0.108. The fourth-order valence-electron chi connectivity index (χ4n) is 3.17. The predicted octanol–water partition coefficient (Wildman–Crippen LogP) is 3.00. The summed E-state index contributed by atoms with van der Waals surface area (Å²) in [6, 6.07) is 11.6. The van der Waals surface area contributed by atoms with Gasteiger partial charge in [-0.2, -0.15) is 0 Å². The van der Waals surface area contributed by atoms with Crippen molar-refractivity contribution in [3.8, 4) is 0 Å². The second kappa shape index (κ2) is 5.26. The highest BCUT2D eigenvalue weighted by atomic mass is 15.2. The molecule has 0 spiro atoms. The molecule has 2 fully saturated rings. The molecule has 104 valence electrons. The molecule has 3 rings (SSSR count). The van der Waals surface area contributed by atoms with E-state index in [1.54, 1.807) is 0 Å². The summed E-state index contributed by atoms with van der Waals surface area (Å²) in [7, 11) is 0. The maximum atomic E-state index is 3.75. The lowest BCUT2D eigenvalue weighted by molar-refractivity contribution is 0.0920. The third-order valence-corrected chi connectivity index (χ3v) is 4.86. The van der Waals surface area contributed by atoms with Crippen LogP contribution in [0.3, 0.4) is 0 Å². The predicted molar refractivity (Wildman–Crippen MR) is 80.2 cm³/mol. The van der Waals surface area contributed by atoms with Crippen LogP contribution in [0.4, 0.5) is 0 Å². The normalized spacial score (nSPS) is 32.4. The average molecular weight is 258 g/mol. The van der Waals surface area contributed by atoms with Gasteiger partial charge in [-0.05, 0) is 38.3 Å². The van der Waals surface area contributed by atoms with Gasteiger partial charge in [0.25, 0.3) is 0 Å². The van der Waals surface area contributed by atoms with Crippen LogP contribution in [0.2, 0.25) is 0 Å². The number of nitrogens with one attached hydrogen (secondary N) is 1. The Morgan fingerprint density at radius 1 is 1.26 bits per heavy atom. The van der Waals surface area contributed by atoms with E-state index in [0.717, 1.165) is 19.0 Å². The monoisotopic (exact) mass is 258 g/mol. The van der Waals surface area contributed by atoms with Gasteiger partial charge in [-0.25, -0.2) is 0 Å². The van der Waals surface area contributed by atoms with Crippen molar-refractivity contribution >= 4 is 0 Å². The largest absolute Gasteiger partial charge is 0.305 e. The van der Waals surface area contributed by atoms with E-state index in [9.17, 15) is 0 Å². The van der Waals surface area contributed by atoms with Crippen molar-refractivity contribution in [3.05, 3.63) is 35.9 Å². The van der Waals surface area contributed by atoms with Gasteiger partial charge in [0.05, 0.1) is 5.54 Å². The van der Waals surface area contributed by atoms with Gasteiger partial charge in [0.2, 0.25) is 0 Å². The number of rotatable bonds is 4. The molecule has 2 atom stereocenters. The van der Waals surface area contributed by atoms with Gasteiger partial charge >= 0.3 is 0 Å². The molecule has 1 N–H and O–H groups in total. The fourth-order valence-corrected chi connectivity index (χ4v) is 3.17. The molecule has 0 radical (unpaired) electrons. The van der Waals surface area contributed by atoms with Gasteiger partial charge in [0.1, 0.15) is 0 Å². The molecule has 1 heterocycles. The minimum absolute atomic E-state index is 0.108. The Hall–Kier alpha value is -0.860. The standard InChI is InChI=1S/C17H26N2/c1-14-12-18-17(2,16-6-4-3-5-7-16)13-19(14)11-10-15-8-9-15/h3-7,14-15,18H,8-13H2,1-2H3. The number of hydrogen-bond acceptors (Lipinski definition) is 2. The Morgan fingerprint density at radius 3 is 2.68 bits per heavy atom. The van der Waals surface area contributed by atoms with E-state index in [0.29, 0.717) is 6.04 Å². The van der Waals surface area contributed by atoms with Crippen LogP contribution in [-0.4, -0.2) is 30.6 Å². The van der Waals surface area contributed by atoms with E-state index in [2.05, 4.69) is 54.4 Å². The van der Waals surface area contributed by atoms with E-state index in [4.69, 9.17) is 0 Å². The molecule has 1 aromatic carbocycles. The van der Waals surface area contributed by atoms with E-state index < -0.39 is 0 Å². The maximum Gasteiger partial charge on any atom is 0.0535 e. The summed E-state index contributed by atoms with van der Waals surface area (Å²) in [5.41, 5.74) is 1.52. The number of piperazine rings is 1. The van der Waals surface area contributed by atoms with Gasteiger partial charge in [-0.15, -0.1) is 0 Å². The summed E-state index contributed by atoms with van der Waals surface area (Å²) in [4.78, 5) is 2.68. The van der Waals surface area contributed by atoms with Crippen molar-refractivity contribution in [2.24, 2.45) is 5.92 Å². The first kappa shape index (κ1) is 13.1. The maximum absolute atomic E-state index is 3.75. The average Bonchev–Trinajstić information content (AvgIpc) is 3.25. The zero-order valence-corrected chi connectivity index (χ0v) is 12.2. The quantitative estimate of drug-likeness (QED) is 0.893. The lowest BCUT2D eigenvalue weighted by atomic mass is 9.88. The van der Waals surface area contributed by atoms with Crippen molar-refractivity contribution in [1.29, 1.82) is 0 Å². The molecular weight excluding hydrogens is 232 g/mol. The smallest absolute Gasteiger partial charge is 0.0535 e. The van der Waals surface area contributed by atoms with Crippen molar-refractivity contribution < 1.29 is 0 Å². The molecule has 1 aliphatic heterocycles. The molecule has 0 amide bonds. The van der Waals surface area contributed by atoms with Gasteiger partial charge in [0.15, 0.2) is 0 Å². The highest BCUT2D eigenvalue weighted by Gasteiger charge is 2.35. The lowest BCUT2D eigenvalue weighted by Crippen LogP contribution is -2.60. The van der Waals surface area contributed by atoms with Crippen molar-refractivity contribution in [1.82, 2.24) is 10.2 Å². The van der Waals surface area contributed by atoms with Gasteiger partial charge in [-0.3, -0.25) is 4.90 Å². The van der Waals surface area contributed by atoms with Crippen LogP contribution in [0, 0.1) is 5.92 Å². The molecule has 1 saturated heterocycles. The first-order valence-electron chi connectivity index (χ1n) is 7.72. The summed E-state index contributed by atoms with van der Waals surface area (Å²) in [5.74, 6) is 1.03. The van der Waals surface area contributed by atoms with Crippen LogP contribution in [0.25, 0.3) is 0 Å². The molecule has 1 aromatic rings. The third-order valence-electron chi connectivity index (χ3n) is 4.86. The Bertz CT molecular complexity index is 413. The molecule has 19 heavy (non-hydrogen) atoms. The Kier molecular flexibility index (Phi) is 3.64.